The molecule has 0 spiro atoms. The van der Waals surface area contributed by atoms with Crippen LogP contribution in [0.4, 0.5) is 5.69 Å². The second-order valence-electron chi connectivity index (χ2n) is 5.04. The summed E-state index contributed by atoms with van der Waals surface area (Å²) in [6.07, 6.45) is 6.10. The summed E-state index contributed by atoms with van der Waals surface area (Å²) in [4.78, 5) is 0. The van der Waals surface area contributed by atoms with Gasteiger partial charge in [-0.25, -0.2) is 0 Å². The standard InChI is InChI=1S/C13H18N6/c14-10-4-3-5-11(8-10)16-12-6-1-2-7-13(12)19-9-15-17-18-19/h1-2,6-7,9-11,16H,3-5,8,14H2. The van der Waals surface area contributed by atoms with Gasteiger partial charge in [0.05, 0.1) is 11.4 Å². The number of nitrogens with zero attached hydrogens (tertiary/aromatic N) is 4. The first-order valence-corrected chi connectivity index (χ1v) is 6.67. The lowest BCUT2D eigenvalue weighted by atomic mass is 9.91. The molecule has 2 atom stereocenters. The highest BCUT2D eigenvalue weighted by atomic mass is 15.5. The Morgan fingerprint density at radius 2 is 2.16 bits per heavy atom. The van der Waals surface area contributed by atoms with Gasteiger partial charge in [-0.05, 0) is 48.2 Å². The third kappa shape index (κ3) is 2.73. The molecule has 1 saturated carbocycles. The zero-order chi connectivity index (χ0) is 13.1. The normalized spacial score (nSPS) is 23.2. The van der Waals surface area contributed by atoms with Crippen LogP contribution in [0, 0.1) is 0 Å². The minimum atomic E-state index is 0.312. The Bertz CT molecular complexity index is 524. The lowest BCUT2D eigenvalue weighted by molar-refractivity contribution is 0.409. The third-order valence-electron chi connectivity index (χ3n) is 3.57. The highest BCUT2D eigenvalue weighted by Crippen LogP contribution is 2.24. The summed E-state index contributed by atoms with van der Waals surface area (Å²) >= 11 is 0. The van der Waals surface area contributed by atoms with Crippen molar-refractivity contribution in [2.24, 2.45) is 5.73 Å². The zero-order valence-corrected chi connectivity index (χ0v) is 10.7. The molecule has 0 amide bonds. The maximum Gasteiger partial charge on any atom is 0.143 e. The van der Waals surface area contributed by atoms with Gasteiger partial charge < -0.3 is 11.1 Å². The first-order chi connectivity index (χ1) is 9.33. The summed E-state index contributed by atoms with van der Waals surface area (Å²) in [5.41, 5.74) is 8.05. The van der Waals surface area contributed by atoms with Crippen LogP contribution in [0.25, 0.3) is 5.69 Å². The molecule has 3 rings (SSSR count). The highest BCUT2D eigenvalue weighted by molar-refractivity contribution is 5.60. The van der Waals surface area contributed by atoms with Crippen molar-refractivity contribution in [3.05, 3.63) is 30.6 Å². The smallest absolute Gasteiger partial charge is 0.143 e. The van der Waals surface area contributed by atoms with Crippen LogP contribution < -0.4 is 11.1 Å². The van der Waals surface area contributed by atoms with E-state index in [-0.39, 0.29) is 0 Å². The Labute approximate surface area is 112 Å². The SMILES string of the molecule is NC1CCCC(Nc2ccccc2-n2cnnn2)C1. The largest absolute Gasteiger partial charge is 0.381 e. The number of hydrogen-bond donors (Lipinski definition) is 2. The molecule has 6 heteroatoms. The number of nitrogens with one attached hydrogen (secondary N) is 1. The minimum absolute atomic E-state index is 0.312. The van der Waals surface area contributed by atoms with E-state index in [1.807, 2.05) is 18.2 Å². The molecule has 6 nitrogen and oxygen atoms in total. The molecular formula is C13H18N6. The highest BCUT2D eigenvalue weighted by Gasteiger charge is 2.19. The second-order valence-corrected chi connectivity index (χ2v) is 5.04. The van der Waals surface area contributed by atoms with Crippen LogP contribution in [0.5, 0.6) is 0 Å². The van der Waals surface area contributed by atoms with Crippen LogP contribution in [0.1, 0.15) is 25.7 Å². The maximum atomic E-state index is 6.03. The van der Waals surface area contributed by atoms with E-state index in [0.29, 0.717) is 12.1 Å². The van der Waals surface area contributed by atoms with Gasteiger partial charge in [0.1, 0.15) is 6.33 Å². The van der Waals surface area contributed by atoms with Crippen LogP contribution in [0.3, 0.4) is 0 Å². The Morgan fingerprint density at radius 3 is 2.95 bits per heavy atom. The van der Waals surface area contributed by atoms with E-state index in [1.165, 1.54) is 6.42 Å². The topological polar surface area (TPSA) is 81.6 Å². The molecule has 1 aliphatic carbocycles. The number of para-hydroxylation sites is 2. The monoisotopic (exact) mass is 258 g/mol. The minimum Gasteiger partial charge on any atom is -0.381 e. The van der Waals surface area contributed by atoms with Gasteiger partial charge in [0, 0.05) is 12.1 Å². The van der Waals surface area contributed by atoms with E-state index in [2.05, 4.69) is 26.9 Å². The summed E-state index contributed by atoms with van der Waals surface area (Å²) in [6, 6.07) is 8.79. The summed E-state index contributed by atoms with van der Waals surface area (Å²) < 4.78 is 1.67. The van der Waals surface area contributed by atoms with E-state index in [0.717, 1.165) is 30.6 Å². The second kappa shape index (κ2) is 5.36. The van der Waals surface area contributed by atoms with Crippen molar-refractivity contribution in [1.82, 2.24) is 20.2 Å². The van der Waals surface area contributed by atoms with E-state index in [4.69, 9.17) is 5.73 Å². The Kier molecular flexibility index (Phi) is 3.41. The predicted molar refractivity (Wildman–Crippen MR) is 73.0 cm³/mol. The van der Waals surface area contributed by atoms with Crippen LogP contribution in [-0.4, -0.2) is 32.3 Å². The Hall–Kier alpha value is -1.95. The van der Waals surface area contributed by atoms with E-state index in [9.17, 15) is 0 Å². The fourth-order valence-electron chi connectivity index (χ4n) is 2.65. The number of tetrazole rings is 1. The lowest BCUT2D eigenvalue weighted by Gasteiger charge is -2.28. The number of hydrogen-bond acceptors (Lipinski definition) is 5. The zero-order valence-electron chi connectivity index (χ0n) is 10.7. The van der Waals surface area contributed by atoms with Crippen LogP contribution in [-0.2, 0) is 0 Å². The van der Waals surface area contributed by atoms with Crippen molar-refractivity contribution in [3.63, 3.8) is 0 Å². The molecule has 1 aliphatic rings. The molecule has 3 N–H and O–H groups in total. The van der Waals surface area contributed by atoms with Crippen molar-refractivity contribution in [1.29, 1.82) is 0 Å². The van der Waals surface area contributed by atoms with Gasteiger partial charge in [0.25, 0.3) is 0 Å². The van der Waals surface area contributed by atoms with Gasteiger partial charge in [-0.15, -0.1) is 5.10 Å². The lowest BCUT2D eigenvalue weighted by Crippen LogP contribution is -2.35. The summed E-state index contributed by atoms with van der Waals surface area (Å²) in [5.74, 6) is 0. The molecule has 1 aromatic carbocycles. The maximum absolute atomic E-state index is 6.03. The molecule has 0 saturated heterocycles. The molecule has 1 aromatic heterocycles. The first-order valence-electron chi connectivity index (χ1n) is 6.67. The Balaban J connectivity index is 1.81. The quantitative estimate of drug-likeness (QED) is 0.868. The molecule has 1 heterocycles. The summed E-state index contributed by atoms with van der Waals surface area (Å²) in [7, 11) is 0. The van der Waals surface area contributed by atoms with E-state index < -0.39 is 0 Å². The molecule has 1 fully saturated rings. The fourth-order valence-corrected chi connectivity index (χ4v) is 2.65. The molecule has 19 heavy (non-hydrogen) atoms. The average molecular weight is 258 g/mol. The van der Waals surface area contributed by atoms with Crippen molar-refractivity contribution in [2.75, 3.05) is 5.32 Å². The van der Waals surface area contributed by atoms with Crippen molar-refractivity contribution in [2.45, 2.75) is 37.8 Å². The average Bonchev–Trinajstić information content (AvgIpc) is 2.93. The van der Waals surface area contributed by atoms with Gasteiger partial charge in [-0.3, -0.25) is 0 Å². The van der Waals surface area contributed by atoms with Gasteiger partial charge in [0.15, 0.2) is 0 Å². The van der Waals surface area contributed by atoms with E-state index in [1.54, 1.807) is 11.0 Å². The molecule has 2 aromatic rings. The molecule has 0 aliphatic heterocycles. The first kappa shape index (κ1) is 12.1. The summed E-state index contributed by atoms with van der Waals surface area (Å²) in [6.45, 7) is 0. The van der Waals surface area contributed by atoms with Gasteiger partial charge in [-0.1, -0.05) is 12.1 Å². The molecular weight excluding hydrogens is 240 g/mol. The van der Waals surface area contributed by atoms with Crippen molar-refractivity contribution >= 4 is 5.69 Å². The van der Waals surface area contributed by atoms with E-state index >= 15 is 0 Å². The van der Waals surface area contributed by atoms with Crippen LogP contribution in [0.2, 0.25) is 0 Å². The molecule has 2 unspecified atom stereocenters. The Morgan fingerprint density at radius 1 is 1.26 bits per heavy atom. The van der Waals surface area contributed by atoms with Crippen molar-refractivity contribution < 1.29 is 0 Å². The fraction of sp³-hybridized carbons (Fsp3) is 0.462. The number of anilines is 1. The predicted octanol–water partition coefficient (Wildman–Crippen LogP) is 1.34. The molecule has 100 valence electrons. The summed E-state index contributed by atoms with van der Waals surface area (Å²) in [5, 5.41) is 14.9. The molecule has 0 radical (unpaired) electrons. The van der Waals surface area contributed by atoms with Gasteiger partial charge >= 0.3 is 0 Å². The van der Waals surface area contributed by atoms with Gasteiger partial charge in [-0.2, -0.15) is 4.68 Å². The number of benzene rings is 1. The molecule has 0 bridgehead atoms. The number of rotatable bonds is 3. The van der Waals surface area contributed by atoms with Crippen LogP contribution in [0.15, 0.2) is 30.6 Å². The number of aromatic nitrogens is 4. The van der Waals surface area contributed by atoms with Crippen LogP contribution >= 0.6 is 0 Å². The number of nitrogens with two attached hydrogens (primary N) is 1. The van der Waals surface area contributed by atoms with Crippen molar-refractivity contribution in [3.8, 4) is 5.69 Å². The van der Waals surface area contributed by atoms with Gasteiger partial charge in [0.2, 0.25) is 0 Å². The third-order valence-corrected chi connectivity index (χ3v) is 3.57.